The van der Waals surface area contributed by atoms with Gasteiger partial charge in [0.2, 0.25) is 5.75 Å². The molecule has 1 heterocycles. The lowest BCUT2D eigenvalue weighted by Gasteiger charge is -2.04. The molecule has 6 nitrogen and oxygen atoms in total. The van der Waals surface area contributed by atoms with Gasteiger partial charge in [-0.1, -0.05) is 0 Å². The maximum absolute atomic E-state index is 11.3. The number of amides is 1. The summed E-state index contributed by atoms with van der Waals surface area (Å²) in [5.74, 6) is -2.32. The second-order valence-electron chi connectivity index (χ2n) is 3.22. The Hall–Kier alpha value is -2.28. The predicted molar refractivity (Wildman–Crippen MR) is 61.2 cm³/mol. The van der Waals surface area contributed by atoms with E-state index in [0.717, 1.165) is 0 Å². The van der Waals surface area contributed by atoms with Crippen molar-refractivity contribution in [1.82, 2.24) is 5.32 Å². The third-order valence-corrected chi connectivity index (χ3v) is 2.28. The van der Waals surface area contributed by atoms with Crippen molar-refractivity contribution in [3.63, 3.8) is 0 Å². The monoisotopic (exact) mass is 253 g/mol. The maximum atomic E-state index is 11.3. The fourth-order valence-corrected chi connectivity index (χ4v) is 1.45. The quantitative estimate of drug-likeness (QED) is 0.332. The highest BCUT2D eigenvalue weighted by molar-refractivity contribution is 7.80. The van der Waals surface area contributed by atoms with Crippen LogP contribution in [0.3, 0.4) is 0 Å². The van der Waals surface area contributed by atoms with E-state index >= 15 is 0 Å². The molecular weight excluding hydrogens is 246 g/mol. The molecule has 2 rings (SSSR count). The highest BCUT2D eigenvalue weighted by atomic mass is 32.1. The third-order valence-electron chi connectivity index (χ3n) is 2.09. The van der Waals surface area contributed by atoms with Crippen LogP contribution in [0.2, 0.25) is 0 Å². The molecule has 0 aromatic heterocycles. The number of hydrogen-bond donors (Lipinski definition) is 4. The summed E-state index contributed by atoms with van der Waals surface area (Å²) in [4.78, 5) is 11.3. The molecule has 88 valence electrons. The number of carbonyl (C=O) groups is 1. The first kappa shape index (κ1) is 11.2. The van der Waals surface area contributed by atoms with Crippen LogP contribution in [0, 0.1) is 0 Å². The number of ether oxygens (including phenoxy) is 1. The van der Waals surface area contributed by atoms with Gasteiger partial charge < -0.3 is 20.1 Å². The van der Waals surface area contributed by atoms with Gasteiger partial charge in [0.15, 0.2) is 17.3 Å². The molecule has 1 aromatic carbocycles. The molecular formula is C10H7NO5S. The van der Waals surface area contributed by atoms with E-state index < -0.39 is 23.2 Å². The molecule has 1 aromatic rings. The largest absolute Gasteiger partial charge is 0.504 e. The number of rotatable bonds is 1. The van der Waals surface area contributed by atoms with Gasteiger partial charge in [0.25, 0.3) is 11.1 Å². The number of benzene rings is 1. The van der Waals surface area contributed by atoms with Gasteiger partial charge in [0, 0.05) is 5.56 Å². The summed E-state index contributed by atoms with van der Waals surface area (Å²) in [5.41, 5.74) is 0.121. The van der Waals surface area contributed by atoms with E-state index in [0.29, 0.717) is 0 Å². The van der Waals surface area contributed by atoms with Crippen LogP contribution in [-0.2, 0) is 9.53 Å². The summed E-state index contributed by atoms with van der Waals surface area (Å²) >= 11 is 4.62. The lowest BCUT2D eigenvalue weighted by atomic mass is 10.1. The zero-order valence-electron chi connectivity index (χ0n) is 8.30. The third kappa shape index (κ3) is 2.00. The Labute approximate surface area is 101 Å². The number of nitrogens with one attached hydrogen (secondary N) is 1. The molecule has 1 aliphatic heterocycles. The lowest BCUT2D eigenvalue weighted by molar-refractivity contribution is -0.116. The van der Waals surface area contributed by atoms with Gasteiger partial charge in [0.1, 0.15) is 0 Å². The van der Waals surface area contributed by atoms with E-state index in [-0.39, 0.29) is 16.5 Å². The van der Waals surface area contributed by atoms with E-state index in [2.05, 4.69) is 17.5 Å². The van der Waals surface area contributed by atoms with Crippen molar-refractivity contribution in [2.45, 2.75) is 0 Å². The molecule has 0 atom stereocenters. The first-order valence-corrected chi connectivity index (χ1v) is 4.88. The zero-order chi connectivity index (χ0) is 12.6. The summed E-state index contributed by atoms with van der Waals surface area (Å²) in [7, 11) is 0. The minimum absolute atomic E-state index is 0.0799. The summed E-state index contributed by atoms with van der Waals surface area (Å²) in [6.45, 7) is 0. The van der Waals surface area contributed by atoms with Crippen LogP contribution in [0.5, 0.6) is 17.2 Å². The van der Waals surface area contributed by atoms with Crippen molar-refractivity contribution >= 4 is 29.4 Å². The molecule has 1 aliphatic rings. The fourth-order valence-electron chi connectivity index (χ4n) is 1.26. The Kier molecular flexibility index (Phi) is 2.60. The molecule has 0 spiro atoms. The topological polar surface area (TPSA) is 99.0 Å². The van der Waals surface area contributed by atoms with Crippen molar-refractivity contribution in [3.05, 3.63) is 23.5 Å². The average Bonchev–Trinajstić information content (AvgIpc) is 2.58. The molecule has 1 fully saturated rings. The molecule has 7 heteroatoms. The van der Waals surface area contributed by atoms with Gasteiger partial charge in [-0.2, -0.15) is 0 Å². The van der Waals surface area contributed by atoms with Crippen LogP contribution in [-0.4, -0.2) is 26.4 Å². The van der Waals surface area contributed by atoms with Gasteiger partial charge in [-0.15, -0.1) is 0 Å². The Morgan fingerprint density at radius 3 is 2.53 bits per heavy atom. The molecule has 4 N–H and O–H groups in total. The van der Waals surface area contributed by atoms with Gasteiger partial charge in [-0.3, -0.25) is 10.1 Å². The van der Waals surface area contributed by atoms with Crippen LogP contribution < -0.4 is 5.32 Å². The van der Waals surface area contributed by atoms with E-state index in [4.69, 9.17) is 9.84 Å². The Bertz CT molecular complexity index is 552. The van der Waals surface area contributed by atoms with Crippen molar-refractivity contribution < 1.29 is 24.9 Å². The van der Waals surface area contributed by atoms with Crippen LogP contribution in [0.25, 0.3) is 6.08 Å². The molecule has 0 bridgehead atoms. The number of carbonyl (C=O) groups excluding carboxylic acids is 1. The second kappa shape index (κ2) is 3.95. The van der Waals surface area contributed by atoms with Crippen LogP contribution >= 0.6 is 12.2 Å². The van der Waals surface area contributed by atoms with Crippen molar-refractivity contribution in [3.8, 4) is 17.2 Å². The molecule has 0 radical (unpaired) electrons. The highest BCUT2D eigenvalue weighted by Crippen LogP contribution is 2.38. The fraction of sp³-hybridized carbons (Fsp3) is 0. The normalized spacial score (nSPS) is 17.1. The van der Waals surface area contributed by atoms with Crippen LogP contribution in [0.4, 0.5) is 0 Å². The van der Waals surface area contributed by atoms with Crippen molar-refractivity contribution in [1.29, 1.82) is 0 Å². The predicted octanol–water partition coefficient (Wildman–Crippen LogP) is 0.576. The molecule has 1 saturated heterocycles. The summed E-state index contributed by atoms with van der Waals surface area (Å²) in [6, 6.07) is 2.49. The summed E-state index contributed by atoms with van der Waals surface area (Å²) in [5, 5.41) is 30.1. The second-order valence-corrected chi connectivity index (χ2v) is 3.59. The van der Waals surface area contributed by atoms with Gasteiger partial charge in [0.05, 0.1) is 0 Å². The van der Waals surface area contributed by atoms with Crippen molar-refractivity contribution in [2.75, 3.05) is 0 Å². The first-order valence-electron chi connectivity index (χ1n) is 4.48. The van der Waals surface area contributed by atoms with Gasteiger partial charge >= 0.3 is 0 Å². The summed E-state index contributed by atoms with van der Waals surface area (Å²) < 4.78 is 4.88. The number of aromatic hydroxyl groups is 3. The minimum Gasteiger partial charge on any atom is -0.504 e. The lowest BCUT2D eigenvalue weighted by Crippen LogP contribution is -2.18. The van der Waals surface area contributed by atoms with E-state index in [1.54, 1.807) is 0 Å². The van der Waals surface area contributed by atoms with Gasteiger partial charge in [-0.05, 0) is 30.4 Å². The van der Waals surface area contributed by atoms with E-state index in [1.807, 2.05) is 0 Å². The molecule has 0 saturated carbocycles. The Balaban J connectivity index is 2.43. The maximum Gasteiger partial charge on any atom is 0.294 e. The molecule has 0 aliphatic carbocycles. The van der Waals surface area contributed by atoms with Gasteiger partial charge in [-0.25, -0.2) is 0 Å². The van der Waals surface area contributed by atoms with E-state index in [1.165, 1.54) is 18.2 Å². The standard InChI is InChI=1S/C10H7NO5S/c12-5-2-1-4(7(13)8(5)14)3-6-9(15)11-10(17)16-6/h1-3,12-14H,(H,11,15,17). The number of phenols is 3. The molecule has 0 unspecified atom stereocenters. The smallest absolute Gasteiger partial charge is 0.294 e. The number of phenolic OH excluding ortho intramolecular Hbond substituents is 3. The molecule has 17 heavy (non-hydrogen) atoms. The SMILES string of the molecule is O=C1NC(=S)OC1=Cc1ccc(O)c(O)c1O. The average molecular weight is 253 g/mol. The Morgan fingerprint density at radius 2 is 1.94 bits per heavy atom. The number of hydrogen-bond acceptors (Lipinski definition) is 6. The van der Waals surface area contributed by atoms with Crippen molar-refractivity contribution in [2.24, 2.45) is 0 Å². The zero-order valence-corrected chi connectivity index (χ0v) is 9.11. The number of thiocarbonyl (C=S) groups is 1. The van der Waals surface area contributed by atoms with E-state index in [9.17, 15) is 15.0 Å². The van der Waals surface area contributed by atoms with Crippen LogP contribution in [0.15, 0.2) is 17.9 Å². The Morgan fingerprint density at radius 1 is 1.24 bits per heavy atom. The highest BCUT2D eigenvalue weighted by Gasteiger charge is 2.24. The summed E-state index contributed by atoms with van der Waals surface area (Å²) in [6.07, 6.45) is 1.20. The molecule has 1 amide bonds. The minimum atomic E-state index is -0.666. The first-order chi connectivity index (χ1) is 7.99. The van der Waals surface area contributed by atoms with Crippen LogP contribution in [0.1, 0.15) is 5.56 Å².